The van der Waals surface area contributed by atoms with Crippen molar-refractivity contribution in [3.8, 4) is 5.75 Å². The first-order valence-electron chi connectivity index (χ1n) is 8.71. The maximum Gasteiger partial charge on any atom is 0.311 e. The van der Waals surface area contributed by atoms with Crippen LogP contribution in [0.15, 0.2) is 42.5 Å². The Morgan fingerprint density at radius 2 is 1.76 bits per heavy atom. The molecule has 25 heavy (non-hydrogen) atoms. The van der Waals surface area contributed by atoms with Gasteiger partial charge in [-0.25, -0.2) is 0 Å². The van der Waals surface area contributed by atoms with E-state index >= 15 is 0 Å². The van der Waals surface area contributed by atoms with Crippen molar-refractivity contribution in [3.63, 3.8) is 0 Å². The summed E-state index contributed by atoms with van der Waals surface area (Å²) in [5, 5.41) is 9.75. The molecule has 4 nitrogen and oxygen atoms in total. The number of aryl methyl sites for hydroxylation is 1. The third-order valence-electron chi connectivity index (χ3n) is 4.56. The molecular formula is C21H27NO3. The minimum atomic E-state index is -0.836. The summed E-state index contributed by atoms with van der Waals surface area (Å²) in [6.07, 6.45) is 0.438. The minimum absolute atomic E-state index is 0.438. The number of carboxylic acid groups (broad SMARTS) is 1. The summed E-state index contributed by atoms with van der Waals surface area (Å²) in [4.78, 5) is 14.2. The van der Waals surface area contributed by atoms with Gasteiger partial charge in [0, 0.05) is 24.3 Å². The molecule has 0 spiro atoms. The van der Waals surface area contributed by atoms with Gasteiger partial charge in [0.1, 0.15) is 5.75 Å². The van der Waals surface area contributed by atoms with Crippen LogP contribution >= 0.6 is 0 Å². The van der Waals surface area contributed by atoms with Crippen molar-refractivity contribution in [2.75, 3.05) is 25.1 Å². The van der Waals surface area contributed by atoms with Gasteiger partial charge in [-0.05, 0) is 51.0 Å². The van der Waals surface area contributed by atoms with Gasteiger partial charge < -0.3 is 14.7 Å². The van der Waals surface area contributed by atoms with Crippen molar-refractivity contribution in [2.45, 2.75) is 33.1 Å². The number of rotatable bonds is 8. The van der Waals surface area contributed by atoms with Gasteiger partial charge in [0.05, 0.1) is 13.0 Å². The average Bonchev–Trinajstić information content (AvgIpc) is 2.61. The molecule has 0 aliphatic rings. The molecule has 4 heteroatoms. The second-order valence-electron chi connectivity index (χ2n) is 6.18. The third kappa shape index (κ3) is 4.53. The highest BCUT2D eigenvalue weighted by Crippen LogP contribution is 2.31. The van der Waals surface area contributed by atoms with E-state index in [-0.39, 0.29) is 0 Å². The second-order valence-corrected chi connectivity index (χ2v) is 6.18. The number of ether oxygens (including phenoxy) is 1. The Hall–Kier alpha value is -2.49. The summed E-state index contributed by atoms with van der Waals surface area (Å²) < 4.78 is 5.38. The molecule has 0 saturated carbocycles. The van der Waals surface area contributed by atoms with E-state index in [0.717, 1.165) is 35.5 Å². The lowest BCUT2D eigenvalue weighted by Crippen LogP contribution is -2.21. The number of hydrogen-bond donors (Lipinski definition) is 1. The Balaban J connectivity index is 2.28. The summed E-state index contributed by atoms with van der Waals surface area (Å²) >= 11 is 0. The van der Waals surface area contributed by atoms with Crippen molar-refractivity contribution < 1.29 is 14.6 Å². The predicted octanol–water partition coefficient (Wildman–Crippen LogP) is 4.26. The number of anilines is 1. The molecule has 0 saturated heterocycles. The standard InChI is InChI=1S/C21H27NO3/c1-5-22(6-2)17-10-8-16(9-11-17)14-19(21(23)24)18-13-15(3)7-12-20(18)25-4/h7-13,19H,5-6,14H2,1-4H3,(H,23,24). The van der Waals surface area contributed by atoms with Gasteiger partial charge in [0.15, 0.2) is 0 Å². The Bertz CT molecular complexity index is 706. The monoisotopic (exact) mass is 341 g/mol. The number of nitrogens with zero attached hydrogens (tertiary/aromatic N) is 1. The van der Waals surface area contributed by atoms with Gasteiger partial charge >= 0.3 is 5.97 Å². The summed E-state index contributed by atoms with van der Waals surface area (Å²) in [5.41, 5.74) is 3.92. The van der Waals surface area contributed by atoms with E-state index in [1.54, 1.807) is 7.11 Å². The molecule has 1 unspecified atom stereocenters. The Morgan fingerprint density at radius 1 is 1.12 bits per heavy atom. The van der Waals surface area contributed by atoms with Crippen molar-refractivity contribution in [2.24, 2.45) is 0 Å². The molecule has 0 heterocycles. The molecule has 2 rings (SSSR count). The van der Waals surface area contributed by atoms with Crippen LogP contribution < -0.4 is 9.64 Å². The SMILES string of the molecule is CCN(CC)c1ccc(CC(C(=O)O)c2cc(C)ccc2OC)cc1. The van der Waals surface area contributed by atoms with E-state index in [1.165, 1.54) is 0 Å². The molecule has 1 atom stereocenters. The van der Waals surface area contributed by atoms with Crippen LogP contribution in [0.3, 0.4) is 0 Å². The van der Waals surface area contributed by atoms with Crippen LogP contribution in [0.4, 0.5) is 5.69 Å². The molecule has 2 aromatic carbocycles. The summed E-state index contributed by atoms with van der Waals surface area (Å²) in [6, 6.07) is 13.8. The molecule has 2 aromatic rings. The zero-order valence-corrected chi connectivity index (χ0v) is 15.5. The zero-order valence-electron chi connectivity index (χ0n) is 15.5. The fourth-order valence-corrected chi connectivity index (χ4v) is 3.12. The average molecular weight is 341 g/mol. The number of aliphatic carboxylic acids is 1. The van der Waals surface area contributed by atoms with Crippen LogP contribution in [-0.2, 0) is 11.2 Å². The summed E-state index contributed by atoms with van der Waals surface area (Å²) in [6.45, 7) is 8.12. The topological polar surface area (TPSA) is 49.8 Å². The number of methoxy groups -OCH3 is 1. The normalized spacial score (nSPS) is 11.8. The van der Waals surface area contributed by atoms with Crippen LogP contribution in [0, 0.1) is 6.92 Å². The number of hydrogen-bond acceptors (Lipinski definition) is 3. The van der Waals surface area contributed by atoms with Gasteiger partial charge in [0.25, 0.3) is 0 Å². The van der Waals surface area contributed by atoms with Crippen LogP contribution in [0.25, 0.3) is 0 Å². The van der Waals surface area contributed by atoms with Crippen LogP contribution in [0.1, 0.15) is 36.5 Å². The first-order chi connectivity index (χ1) is 12.0. The highest BCUT2D eigenvalue weighted by Gasteiger charge is 2.24. The third-order valence-corrected chi connectivity index (χ3v) is 4.56. The lowest BCUT2D eigenvalue weighted by atomic mass is 9.90. The van der Waals surface area contributed by atoms with Gasteiger partial charge in [-0.3, -0.25) is 4.79 Å². The fraction of sp³-hybridized carbons (Fsp3) is 0.381. The molecular weight excluding hydrogens is 314 g/mol. The quantitative estimate of drug-likeness (QED) is 0.779. The molecule has 134 valence electrons. The number of carboxylic acids is 1. The highest BCUT2D eigenvalue weighted by atomic mass is 16.5. The summed E-state index contributed by atoms with van der Waals surface area (Å²) in [5.74, 6) is -0.844. The Morgan fingerprint density at radius 3 is 2.28 bits per heavy atom. The maximum atomic E-state index is 11.9. The highest BCUT2D eigenvalue weighted by molar-refractivity contribution is 5.78. The van der Waals surface area contributed by atoms with E-state index in [9.17, 15) is 9.90 Å². The van der Waals surface area contributed by atoms with E-state index in [4.69, 9.17) is 4.74 Å². The van der Waals surface area contributed by atoms with Crippen LogP contribution in [0.5, 0.6) is 5.75 Å². The lowest BCUT2D eigenvalue weighted by Gasteiger charge is -2.21. The summed E-state index contributed by atoms with van der Waals surface area (Å²) in [7, 11) is 1.58. The van der Waals surface area contributed by atoms with Crippen molar-refractivity contribution in [3.05, 3.63) is 59.2 Å². The van der Waals surface area contributed by atoms with Crippen LogP contribution in [-0.4, -0.2) is 31.3 Å². The largest absolute Gasteiger partial charge is 0.496 e. The van der Waals surface area contributed by atoms with Gasteiger partial charge in [-0.1, -0.05) is 29.8 Å². The van der Waals surface area contributed by atoms with Gasteiger partial charge in [-0.15, -0.1) is 0 Å². The fourth-order valence-electron chi connectivity index (χ4n) is 3.12. The van der Waals surface area contributed by atoms with Gasteiger partial charge in [0.2, 0.25) is 0 Å². The van der Waals surface area contributed by atoms with Gasteiger partial charge in [-0.2, -0.15) is 0 Å². The number of benzene rings is 2. The molecule has 0 bridgehead atoms. The smallest absolute Gasteiger partial charge is 0.311 e. The first kappa shape index (κ1) is 18.8. The zero-order chi connectivity index (χ0) is 18.4. The van der Waals surface area contributed by atoms with E-state index in [0.29, 0.717) is 12.2 Å². The van der Waals surface area contributed by atoms with Crippen molar-refractivity contribution >= 4 is 11.7 Å². The molecule has 0 amide bonds. The molecule has 0 fully saturated rings. The molecule has 1 N–H and O–H groups in total. The Labute approximate surface area is 150 Å². The van der Waals surface area contributed by atoms with E-state index in [1.807, 2.05) is 37.3 Å². The molecule has 0 aromatic heterocycles. The van der Waals surface area contributed by atoms with E-state index < -0.39 is 11.9 Å². The molecule has 0 aliphatic carbocycles. The van der Waals surface area contributed by atoms with Crippen molar-refractivity contribution in [1.29, 1.82) is 0 Å². The molecule has 0 aliphatic heterocycles. The maximum absolute atomic E-state index is 11.9. The minimum Gasteiger partial charge on any atom is -0.496 e. The lowest BCUT2D eigenvalue weighted by molar-refractivity contribution is -0.138. The molecule has 0 radical (unpaired) electrons. The second kappa shape index (κ2) is 8.56. The van der Waals surface area contributed by atoms with E-state index in [2.05, 4.69) is 30.9 Å². The van der Waals surface area contributed by atoms with Crippen LogP contribution in [0.2, 0.25) is 0 Å². The Kier molecular flexibility index (Phi) is 6.45. The number of carbonyl (C=O) groups is 1. The van der Waals surface area contributed by atoms with Crippen molar-refractivity contribution in [1.82, 2.24) is 0 Å². The predicted molar refractivity (Wildman–Crippen MR) is 102 cm³/mol. The first-order valence-corrected chi connectivity index (χ1v) is 8.71.